The van der Waals surface area contributed by atoms with Gasteiger partial charge >= 0.3 is 5.97 Å². The molecule has 2 atom stereocenters. The van der Waals surface area contributed by atoms with Gasteiger partial charge < -0.3 is 9.64 Å². The zero-order valence-electron chi connectivity index (χ0n) is 8.36. The maximum absolute atomic E-state index is 11.5. The number of ether oxygens (including phenoxy) is 1. The number of carbonyl (C=O) groups excluding carboxylic acids is 2. The van der Waals surface area contributed by atoms with E-state index in [-0.39, 0.29) is 17.8 Å². The van der Waals surface area contributed by atoms with E-state index in [1.807, 2.05) is 4.90 Å². The van der Waals surface area contributed by atoms with Crippen molar-refractivity contribution in [1.29, 1.82) is 0 Å². The SMILES string of the molecule is CC(=O)OC[C@@H]1CC(=O)N2CCC[C@@H]12. The predicted octanol–water partition coefficient (Wildman–Crippen LogP) is 0.560. The first-order valence-corrected chi connectivity index (χ1v) is 5.11. The summed E-state index contributed by atoms with van der Waals surface area (Å²) in [6.45, 7) is 2.70. The van der Waals surface area contributed by atoms with Crippen molar-refractivity contribution in [2.75, 3.05) is 13.2 Å². The third-order valence-electron chi connectivity index (χ3n) is 3.10. The lowest BCUT2D eigenvalue weighted by molar-refractivity contribution is -0.142. The smallest absolute Gasteiger partial charge is 0.302 e. The van der Waals surface area contributed by atoms with Crippen LogP contribution in [0.2, 0.25) is 0 Å². The Morgan fingerprint density at radius 2 is 2.43 bits per heavy atom. The molecule has 0 bridgehead atoms. The lowest BCUT2D eigenvalue weighted by atomic mass is 9.99. The van der Waals surface area contributed by atoms with Crippen molar-refractivity contribution < 1.29 is 14.3 Å². The largest absolute Gasteiger partial charge is 0.465 e. The van der Waals surface area contributed by atoms with Crippen LogP contribution in [-0.4, -0.2) is 36.0 Å². The van der Waals surface area contributed by atoms with Crippen LogP contribution >= 0.6 is 0 Å². The first-order chi connectivity index (χ1) is 6.68. The van der Waals surface area contributed by atoms with E-state index < -0.39 is 0 Å². The third kappa shape index (κ3) is 1.61. The van der Waals surface area contributed by atoms with E-state index in [1.54, 1.807) is 0 Å². The van der Waals surface area contributed by atoms with Gasteiger partial charge in [-0.3, -0.25) is 9.59 Å². The molecule has 0 saturated carbocycles. The van der Waals surface area contributed by atoms with Crippen LogP contribution in [0.3, 0.4) is 0 Å². The lowest BCUT2D eigenvalue weighted by Crippen LogP contribution is -2.30. The molecule has 4 heteroatoms. The van der Waals surface area contributed by atoms with Crippen LogP contribution in [0.1, 0.15) is 26.2 Å². The molecule has 0 N–H and O–H groups in total. The zero-order valence-corrected chi connectivity index (χ0v) is 8.36. The molecule has 2 aliphatic heterocycles. The maximum atomic E-state index is 11.5. The second-order valence-corrected chi connectivity index (χ2v) is 4.06. The molecule has 78 valence electrons. The summed E-state index contributed by atoms with van der Waals surface area (Å²) in [5, 5.41) is 0. The average Bonchev–Trinajstić information content (AvgIpc) is 2.67. The summed E-state index contributed by atoms with van der Waals surface area (Å²) >= 11 is 0. The topological polar surface area (TPSA) is 46.6 Å². The van der Waals surface area contributed by atoms with E-state index in [0.29, 0.717) is 19.1 Å². The van der Waals surface area contributed by atoms with Gasteiger partial charge in [-0.05, 0) is 12.8 Å². The third-order valence-corrected chi connectivity index (χ3v) is 3.10. The number of rotatable bonds is 2. The van der Waals surface area contributed by atoms with Gasteiger partial charge in [-0.2, -0.15) is 0 Å². The summed E-state index contributed by atoms with van der Waals surface area (Å²) < 4.78 is 4.96. The zero-order chi connectivity index (χ0) is 10.1. The van der Waals surface area contributed by atoms with Crippen molar-refractivity contribution in [2.24, 2.45) is 5.92 Å². The number of hydrogen-bond acceptors (Lipinski definition) is 3. The fourth-order valence-corrected chi connectivity index (χ4v) is 2.46. The Morgan fingerprint density at radius 1 is 1.64 bits per heavy atom. The van der Waals surface area contributed by atoms with E-state index >= 15 is 0 Å². The number of carbonyl (C=O) groups is 2. The molecule has 2 heterocycles. The van der Waals surface area contributed by atoms with E-state index in [2.05, 4.69) is 0 Å². The van der Waals surface area contributed by atoms with Gasteiger partial charge in [0, 0.05) is 31.8 Å². The average molecular weight is 197 g/mol. The van der Waals surface area contributed by atoms with Crippen molar-refractivity contribution in [3.63, 3.8) is 0 Å². The second-order valence-electron chi connectivity index (χ2n) is 4.06. The van der Waals surface area contributed by atoms with Crippen molar-refractivity contribution in [3.8, 4) is 0 Å². The van der Waals surface area contributed by atoms with Crippen LogP contribution in [0.5, 0.6) is 0 Å². The van der Waals surface area contributed by atoms with Crippen LogP contribution < -0.4 is 0 Å². The second kappa shape index (κ2) is 3.59. The Labute approximate surface area is 83.2 Å². The Kier molecular flexibility index (Phi) is 2.44. The minimum atomic E-state index is -0.256. The highest BCUT2D eigenvalue weighted by Gasteiger charge is 2.42. The standard InChI is InChI=1S/C10H15NO3/c1-7(12)14-6-8-5-10(13)11-4-2-3-9(8)11/h8-9H,2-6H2,1H3/t8-,9-/m0/s1. The summed E-state index contributed by atoms with van der Waals surface area (Å²) in [6, 6.07) is 0.335. The fraction of sp³-hybridized carbons (Fsp3) is 0.800. The highest BCUT2D eigenvalue weighted by atomic mass is 16.5. The number of hydrogen-bond donors (Lipinski definition) is 0. The van der Waals surface area contributed by atoms with Gasteiger partial charge in [0.25, 0.3) is 0 Å². The quantitative estimate of drug-likeness (QED) is 0.608. The minimum Gasteiger partial charge on any atom is -0.465 e. The first-order valence-electron chi connectivity index (χ1n) is 5.11. The Morgan fingerprint density at radius 3 is 3.14 bits per heavy atom. The summed E-state index contributed by atoms with van der Waals surface area (Å²) in [5.74, 6) is 0.201. The summed E-state index contributed by atoms with van der Waals surface area (Å²) in [5.41, 5.74) is 0. The van der Waals surface area contributed by atoms with E-state index in [4.69, 9.17) is 4.74 Å². The normalized spacial score (nSPS) is 30.6. The van der Waals surface area contributed by atoms with E-state index in [9.17, 15) is 9.59 Å². The van der Waals surface area contributed by atoms with Crippen molar-refractivity contribution in [1.82, 2.24) is 4.90 Å². The molecule has 0 unspecified atom stereocenters. The van der Waals surface area contributed by atoms with Crippen molar-refractivity contribution >= 4 is 11.9 Å². The molecule has 4 nitrogen and oxygen atoms in total. The van der Waals surface area contributed by atoms with Crippen LogP contribution in [0.25, 0.3) is 0 Å². The van der Waals surface area contributed by atoms with Gasteiger partial charge in [-0.15, -0.1) is 0 Å². The lowest BCUT2D eigenvalue weighted by Gasteiger charge is -2.19. The highest BCUT2D eigenvalue weighted by Crippen LogP contribution is 2.33. The van der Waals surface area contributed by atoms with Crippen molar-refractivity contribution in [3.05, 3.63) is 0 Å². The summed E-state index contributed by atoms with van der Waals surface area (Å²) in [4.78, 5) is 24.1. The maximum Gasteiger partial charge on any atom is 0.302 e. The van der Waals surface area contributed by atoms with Crippen LogP contribution in [-0.2, 0) is 14.3 Å². The molecule has 0 aromatic carbocycles. The highest BCUT2D eigenvalue weighted by molar-refractivity contribution is 5.79. The Hall–Kier alpha value is -1.06. The molecule has 2 saturated heterocycles. The predicted molar refractivity (Wildman–Crippen MR) is 49.5 cm³/mol. The molecule has 0 aromatic rings. The number of nitrogens with zero attached hydrogens (tertiary/aromatic N) is 1. The first kappa shape index (κ1) is 9.49. The molecule has 0 aromatic heterocycles. The molecule has 2 rings (SSSR count). The molecule has 2 aliphatic rings. The van der Waals surface area contributed by atoms with Crippen LogP contribution in [0, 0.1) is 5.92 Å². The molecular formula is C10H15NO3. The molecular weight excluding hydrogens is 182 g/mol. The Balaban J connectivity index is 1.93. The number of fused-ring (bicyclic) bond motifs is 1. The molecule has 0 spiro atoms. The molecule has 0 aliphatic carbocycles. The van der Waals surface area contributed by atoms with Gasteiger partial charge in [0.15, 0.2) is 0 Å². The molecule has 2 fully saturated rings. The summed E-state index contributed by atoms with van der Waals surface area (Å²) in [6.07, 6.45) is 2.71. The fourth-order valence-electron chi connectivity index (χ4n) is 2.46. The van der Waals surface area contributed by atoms with Gasteiger partial charge in [0.05, 0.1) is 6.61 Å². The van der Waals surface area contributed by atoms with E-state index in [1.165, 1.54) is 6.92 Å². The molecule has 14 heavy (non-hydrogen) atoms. The van der Waals surface area contributed by atoms with Gasteiger partial charge in [-0.1, -0.05) is 0 Å². The van der Waals surface area contributed by atoms with Gasteiger partial charge in [0.2, 0.25) is 5.91 Å². The van der Waals surface area contributed by atoms with Gasteiger partial charge in [0.1, 0.15) is 0 Å². The van der Waals surface area contributed by atoms with Crippen LogP contribution in [0.4, 0.5) is 0 Å². The summed E-state index contributed by atoms with van der Waals surface area (Å²) in [7, 11) is 0. The van der Waals surface area contributed by atoms with Crippen molar-refractivity contribution in [2.45, 2.75) is 32.2 Å². The number of amides is 1. The molecule has 0 radical (unpaired) electrons. The Bertz CT molecular complexity index is 264. The van der Waals surface area contributed by atoms with Gasteiger partial charge in [-0.25, -0.2) is 0 Å². The monoisotopic (exact) mass is 197 g/mol. The number of esters is 1. The van der Waals surface area contributed by atoms with E-state index in [0.717, 1.165) is 19.4 Å². The molecule has 1 amide bonds. The minimum absolute atomic E-state index is 0.227. The van der Waals surface area contributed by atoms with Crippen LogP contribution in [0.15, 0.2) is 0 Å².